The Morgan fingerprint density at radius 2 is 1.74 bits per heavy atom. The fourth-order valence-electron chi connectivity index (χ4n) is 2.16. The van der Waals surface area contributed by atoms with E-state index in [-0.39, 0.29) is 15.6 Å². The molecule has 2 aromatic rings. The van der Waals surface area contributed by atoms with Crippen LogP contribution in [0.2, 0.25) is 10.0 Å². The first kappa shape index (κ1) is 21.2. The number of amides is 1. The van der Waals surface area contributed by atoms with Gasteiger partial charge in [0, 0.05) is 13.6 Å². The van der Waals surface area contributed by atoms with Gasteiger partial charge >= 0.3 is 5.97 Å². The largest absolute Gasteiger partial charge is 0.452 e. The maximum Gasteiger partial charge on any atom is 0.340 e. The predicted octanol–water partition coefficient (Wildman–Crippen LogP) is 2.46. The molecule has 0 heterocycles. The Balaban J connectivity index is 2.06. The smallest absolute Gasteiger partial charge is 0.340 e. The molecule has 144 valence electrons. The fraction of sp³-hybridized carbons (Fsp3) is 0.176. The van der Waals surface area contributed by atoms with Crippen LogP contribution in [0.3, 0.4) is 0 Å². The quantitative estimate of drug-likeness (QED) is 0.708. The van der Waals surface area contributed by atoms with Gasteiger partial charge in [-0.2, -0.15) is 0 Å². The van der Waals surface area contributed by atoms with E-state index in [2.05, 4.69) is 0 Å². The van der Waals surface area contributed by atoms with E-state index < -0.39 is 33.4 Å². The number of carbonyl (C=O) groups excluding carboxylic acids is 2. The van der Waals surface area contributed by atoms with Gasteiger partial charge < -0.3 is 9.64 Å². The highest BCUT2D eigenvalue weighted by Crippen LogP contribution is 2.28. The number of hydrogen-bond donors (Lipinski definition) is 1. The monoisotopic (exact) mass is 430 g/mol. The normalized spacial score (nSPS) is 11.1. The lowest BCUT2D eigenvalue weighted by molar-refractivity contribution is -0.133. The van der Waals surface area contributed by atoms with Crippen molar-refractivity contribution in [3.05, 3.63) is 63.6 Å². The third-order valence-electron chi connectivity index (χ3n) is 3.56. The van der Waals surface area contributed by atoms with Crippen molar-refractivity contribution >= 4 is 45.1 Å². The minimum atomic E-state index is -4.16. The van der Waals surface area contributed by atoms with E-state index in [1.807, 2.05) is 30.3 Å². The van der Waals surface area contributed by atoms with Gasteiger partial charge in [-0.25, -0.2) is 18.4 Å². The van der Waals surface area contributed by atoms with Crippen molar-refractivity contribution in [2.24, 2.45) is 5.14 Å². The van der Waals surface area contributed by atoms with Gasteiger partial charge in [-0.15, -0.1) is 0 Å². The Morgan fingerprint density at radius 3 is 2.33 bits per heavy atom. The van der Waals surface area contributed by atoms with E-state index >= 15 is 0 Å². The molecule has 0 spiro atoms. The zero-order valence-electron chi connectivity index (χ0n) is 14.2. The van der Waals surface area contributed by atoms with Crippen molar-refractivity contribution < 1.29 is 22.7 Å². The van der Waals surface area contributed by atoms with Gasteiger partial charge in [-0.3, -0.25) is 4.79 Å². The van der Waals surface area contributed by atoms with Gasteiger partial charge in [0.15, 0.2) is 6.61 Å². The Hall–Kier alpha value is -2.13. The SMILES string of the molecule is CN(Cc1ccccc1)C(=O)COC(=O)c1cc(S(N)(=O)=O)c(Cl)cc1Cl. The molecule has 0 aromatic heterocycles. The van der Waals surface area contributed by atoms with E-state index in [1.54, 1.807) is 7.05 Å². The Bertz CT molecular complexity index is 965. The van der Waals surface area contributed by atoms with Crippen LogP contribution in [0, 0.1) is 0 Å². The summed E-state index contributed by atoms with van der Waals surface area (Å²) < 4.78 is 28.0. The molecule has 0 bridgehead atoms. The average Bonchev–Trinajstić information content (AvgIpc) is 2.59. The first-order valence-electron chi connectivity index (χ1n) is 7.56. The zero-order chi connectivity index (χ0) is 20.2. The molecule has 0 radical (unpaired) electrons. The van der Waals surface area contributed by atoms with Crippen LogP contribution in [0.25, 0.3) is 0 Å². The van der Waals surface area contributed by atoms with E-state index in [9.17, 15) is 18.0 Å². The summed E-state index contributed by atoms with van der Waals surface area (Å²) in [5.41, 5.74) is 0.654. The van der Waals surface area contributed by atoms with Crippen molar-refractivity contribution in [3.63, 3.8) is 0 Å². The number of rotatable bonds is 6. The molecule has 1 amide bonds. The van der Waals surface area contributed by atoms with Crippen LogP contribution in [0.1, 0.15) is 15.9 Å². The standard InChI is InChI=1S/C17H16Cl2N2O5S/c1-21(9-11-5-3-2-4-6-11)16(22)10-26-17(23)12-7-15(27(20,24)25)14(19)8-13(12)18/h2-8H,9-10H2,1H3,(H2,20,24,25). The lowest BCUT2D eigenvalue weighted by Crippen LogP contribution is -2.30. The molecule has 2 rings (SSSR count). The predicted molar refractivity (Wildman–Crippen MR) is 101 cm³/mol. The number of nitrogens with zero attached hydrogens (tertiary/aromatic N) is 1. The molecule has 0 atom stereocenters. The molecule has 0 saturated heterocycles. The first-order valence-corrected chi connectivity index (χ1v) is 9.86. The van der Waals surface area contributed by atoms with Gasteiger partial charge in [-0.1, -0.05) is 53.5 Å². The summed E-state index contributed by atoms with van der Waals surface area (Å²) in [6.07, 6.45) is 0. The van der Waals surface area contributed by atoms with Crippen LogP contribution in [-0.2, 0) is 26.1 Å². The summed E-state index contributed by atoms with van der Waals surface area (Å²) in [5.74, 6) is -1.41. The first-order chi connectivity index (χ1) is 12.6. The van der Waals surface area contributed by atoms with Crippen LogP contribution < -0.4 is 5.14 Å². The number of primary sulfonamides is 1. The van der Waals surface area contributed by atoms with Crippen LogP contribution in [0.5, 0.6) is 0 Å². The molecule has 27 heavy (non-hydrogen) atoms. The Labute approximate surface area is 166 Å². The highest BCUT2D eigenvalue weighted by molar-refractivity contribution is 7.89. The molecule has 0 aliphatic carbocycles. The van der Waals surface area contributed by atoms with E-state index in [1.165, 1.54) is 4.90 Å². The molecule has 0 aliphatic rings. The van der Waals surface area contributed by atoms with Gasteiger partial charge in [0.05, 0.1) is 15.6 Å². The molecular formula is C17H16Cl2N2O5S. The third kappa shape index (κ3) is 5.67. The van der Waals surface area contributed by atoms with Crippen LogP contribution >= 0.6 is 23.2 Å². The van der Waals surface area contributed by atoms with Crippen molar-refractivity contribution in [1.82, 2.24) is 4.90 Å². The highest BCUT2D eigenvalue weighted by Gasteiger charge is 2.22. The fourth-order valence-corrected chi connectivity index (χ4v) is 3.56. The molecule has 0 fully saturated rings. The van der Waals surface area contributed by atoms with Crippen molar-refractivity contribution in [1.29, 1.82) is 0 Å². The summed E-state index contributed by atoms with van der Waals surface area (Å²) in [4.78, 5) is 25.2. The van der Waals surface area contributed by atoms with Gasteiger partial charge in [0.25, 0.3) is 5.91 Å². The third-order valence-corrected chi connectivity index (χ3v) is 5.25. The lowest BCUT2D eigenvalue weighted by atomic mass is 10.2. The van der Waals surface area contributed by atoms with Gasteiger partial charge in [-0.05, 0) is 17.7 Å². The average molecular weight is 431 g/mol. The van der Waals surface area contributed by atoms with Crippen molar-refractivity contribution in [2.75, 3.05) is 13.7 Å². The van der Waals surface area contributed by atoms with Gasteiger partial charge in [0.2, 0.25) is 10.0 Å². The van der Waals surface area contributed by atoms with E-state index in [0.717, 1.165) is 17.7 Å². The maximum atomic E-state index is 12.2. The minimum Gasteiger partial charge on any atom is -0.452 e. The summed E-state index contributed by atoms with van der Waals surface area (Å²) in [6, 6.07) is 11.3. The molecule has 10 heteroatoms. The van der Waals surface area contributed by atoms with Gasteiger partial charge in [0.1, 0.15) is 4.90 Å². The second-order valence-corrected chi connectivity index (χ2v) is 7.96. The number of ether oxygens (including phenoxy) is 1. The molecule has 0 saturated carbocycles. The number of hydrogen-bond acceptors (Lipinski definition) is 5. The number of carbonyl (C=O) groups is 2. The second kappa shape index (κ2) is 8.71. The van der Waals surface area contributed by atoms with E-state index in [0.29, 0.717) is 6.54 Å². The highest BCUT2D eigenvalue weighted by atomic mass is 35.5. The number of sulfonamides is 1. The molecule has 7 nitrogen and oxygen atoms in total. The molecule has 2 N–H and O–H groups in total. The lowest BCUT2D eigenvalue weighted by Gasteiger charge is -2.17. The van der Waals surface area contributed by atoms with Crippen LogP contribution in [0.15, 0.2) is 47.4 Å². The number of benzene rings is 2. The minimum absolute atomic E-state index is 0.123. The number of nitrogens with two attached hydrogens (primary N) is 1. The number of halogens is 2. The summed E-state index contributed by atoms with van der Waals surface area (Å²) in [5, 5.41) is 4.70. The summed E-state index contributed by atoms with van der Waals surface area (Å²) in [7, 11) is -2.59. The second-order valence-electron chi connectivity index (χ2n) is 5.62. The summed E-state index contributed by atoms with van der Waals surface area (Å²) in [6.45, 7) is -0.194. The topological polar surface area (TPSA) is 107 Å². The number of esters is 1. The Kier molecular flexibility index (Phi) is 6.83. The van der Waals surface area contributed by atoms with E-state index in [4.69, 9.17) is 33.1 Å². The van der Waals surface area contributed by atoms with Crippen LogP contribution in [-0.4, -0.2) is 38.8 Å². The summed E-state index contributed by atoms with van der Waals surface area (Å²) >= 11 is 11.7. The number of likely N-dealkylation sites (N-methyl/N-ethyl adjacent to an activating group) is 1. The Morgan fingerprint density at radius 1 is 1.11 bits per heavy atom. The molecule has 0 unspecified atom stereocenters. The van der Waals surface area contributed by atoms with Crippen LogP contribution in [0.4, 0.5) is 0 Å². The van der Waals surface area contributed by atoms with Crippen molar-refractivity contribution in [3.8, 4) is 0 Å². The van der Waals surface area contributed by atoms with Crippen molar-refractivity contribution in [2.45, 2.75) is 11.4 Å². The molecular weight excluding hydrogens is 415 g/mol. The maximum absolute atomic E-state index is 12.2. The molecule has 0 aliphatic heterocycles. The molecule has 2 aromatic carbocycles. The zero-order valence-corrected chi connectivity index (χ0v) is 16.5.